The highest BCUT2D eigenvalue weighted by Crippen LogP contribution is 2.32. The molecule has 0 bridgehead atoms. The molecule has 0 spiro atoms. The zero-order chi connectivity index (χ0) is 14.2. The average Bonchev–Trinajstić information content (AvgIpc) is 2.53. The summed E-state index contributed by atoms with van der Waals surface area (Å²) < 4.78 is 5.43. The van der Waals surface area contributed by atoms with Gasteiger partial charge in [-0.05, 0) is 82.0 Å². The molecule has 2 aliphatic carbocycles. The highest BCUT2D eigenvalue weighted by molar-refractivity contribution is 4.92. The van der Waals surface area contributed by atoms with Crippen LogP contribution in [0.3, 0.4) is 0 Å². The standard InChI is InChI=1S/C19H32O/c1-3-16-8-10-17(11-9-16)6-4-5-7-18-12-14-19(20-2)15-13-18/h3,5,7,16-19H,1,4,6,8-15H2,2H3/b7-5+/t16?,17?,18-,19-. The summed E-state index contributed by atoms with van der Waals surface area (Å²) in [4.78, 5) is 0. The van der Waals surface area contributed by atoms with Crippen molar-refractivity contribution < 1.29 is 4.74 Å². The van der Waals surface area contributed by atoms with E-state index in [-0.39, 0.29) is 0 Å². The lowest BCUT2D eigenvalue weighted by atomic mass is 9.80. The smallest absolute Gasteiger partial charge is 0.0571 e. The predicted molar refractivity (Wildman–Crippen MR) is 86.8 cm³/mol. The van der Waals surface area contributed by atoms with Crippen molar-refractivity contribution in [2.75, 3.05) is 7.11 Å². The number of allylic oxidation sites excluding steroid dienone is 3. The highest BCUT2D eigenvalue weighted by Gasteiger charge is 2.19. The van der Waals surface area contributed by atoms with Gasteiger partial charge in [-0.1, -0.05) is 18.2 Å². The minimum absolute atomic E-state index is 0.527. The topological polar surface area (TPSA) is 9.23 Å². The van der Waals surface area contributed by atoms with E-state index in [1.807, 2.05) is 7.11 Å². The van der Waals surface area contributed by atoms with E-state index in [1.165, 1.54) is 64.2 Å². The molecular weight excluding hydrogens is 244 g/mol. The monoisotopic (exact) mass is 276 g/mol. The molecule has 0 aromatic heterocycles. The fourth-order valence-corrected chi connectivity index (χ4v) is 3.85. The van der Waals surface area contributed by atoms with Gasteiger partial charge in [0, 0.05) is 7.11 Å². The zero-order valence-electron chi connectivity index (χ0n) is 13.2. The molecule has 20 heavy (non-hydrogen) atoms. The molecule has 0 amide bonds. The van der Waals surface area contributed by atoms with Crippen LogP contribution in [0.5, 0.6) is 0 Å². The van der Waals surface area contributed by atoms with E-state index in [1.54, 1.807) is 0 Å². The summed E-state index contributed by atoms with van der Waals surface area (Å²) >= 11 is 0. The summed E-state index contributed by atoms with van der Waals surface area (Å²) in [6.45, 7) is 3.93. The van der Waals surface area contributed by atoms with Crippen molar-refractivity contribution in [2.45, 2.75) is 70.3 Å². The number of methoxy groups -OCH3 is 1. The van der Waals surface area contributed by atoms with Crippen LogP contribution in [-0.2, 0) is 4.74 Å². The number of hydrogen-bond acceptors (Lipinski definition) is 1. The Morgan fingerprint density at radius 3 is 2.20 bits per heavy atom. The third-order valence-corrected chi connectivity index (χ3v) is 5.43. The summed E-state index contributed by atoms with van der Waals surface area (Å²) in [5, 5.41) is 0. The predicted octanol–water partition coefficient (Wildman–Crippen LogP) is 5.52. The van der Waals surface area contributed by atoms with Crippen molar-refractivity contribution in [3.63, 3.8) is 0 Å². The Labute approximate surface area is 125 Å². The third-order valence-electron chi connectivity index (χ3n) is 5.43. The molecule has 0 radical (unpaired) electrons. The molecule has 0 aliphatic heterocycles. The molecular formula is C19H32O. The van der Waals surface area contributed by atoms with E-state index >= 15 is 0 Å². The van der Waals surface area contributed by atoms with Crippen LogP contribution in [0.15, 0.2) is 24.8 Å². The Morgan fingerprint density at radius 1 is 0.950 bits per heavy atom. The van der Waals surface area contributed by atoms with Crippen LogP contribution in [0.4, 0.5) is 0 Å². The van der Waals surface area contributed by atoms with Gasteiger partial charge in [-0.2, -0.15) is 0 Å². The molecule has 2 fully saturated rings. The fraction of sp³-hybridized carbons (Fsp3) is 0.789. The van der Waals surface area contributed by atoms with Gasteiger partial charge in [-0.3, -0.25) is 0 Å². The molecule has 0 aromatic carbocycles. The summed E-state index contributed by atoms with van der Waals surface area (Å²) in [5.41, 5.74) is 0. The molecule has 2 saturated carbocycles. The maximum absolute atomic E-state index is 5.43. The number of hydrogen-bond donors (Lipinski definition) is 0. The van der Waals surface area contributed by atoms with Gasteiger partial charge in [0.25, 0.3) is 0 Å². The van der Waals surface area contributed by atoms with Gasteiger partial charge >= 0.3 is 0 Å². The second-order valence-electron chi connectivity index (χ2n) is 6.79. The van der Waals surface area contributed by atoms with E-state index in [9.17, 15) is 0 Å². The first-order chi connectivity index (χ1) is 9.81. The Morgan fingerprint density at radius 2 is 1.60 bits per heavy atom. The summed E-state index contributed by atoms with van der Waals surface area (Å²) in [7, 11) is 1.85. The van der Waals surface area contributed by atoms with Gasteiger partial charge in [0.05, 0.1) is 6.10 Å². The van der Waals surface area contributed by atoms with E-state index in [4.69, 9.17) is 4.74 Å². The van der Waals surface area contributed by atoms with Crippen LogP contribution in [0.1, 0.15) is 64.2 Å². The van der Waals surface area contributed by atoms with Crippen LogP contribution >= 0.6 is 0 Å². The van der Waals surface area contributed by atoms with Gasteiger partial charge in [0.1, 0.15) is 0 Å². The molecule has 0 aromatic rings. The van der Waals surface area contributed by atoms with Crippen LogP contribution in [0.25, 0.3) is 0 Å². The van der Waals surface area contributed by atoms with E-state index in [0.29, 0.717) is 6.10 Å². The van der Waals surface area contributed by atoms with Crippen molar-refractivity contribution >= 4 is 0 Å². The summed E-state index contributed by atoms with van der Waals surface area (Å²) in [5.74, 6) is 2.59. The van der Waals surface area contributed by atoms with E-state index in [2.05, 4.69) is 24.8 Å². The lowest BCUT2D eigenvalue weighted by molar-refractivity contribution is 0.0626. The van der Waals surface area contributed by atoms with Gasteiger partial charge < -0.3 is 4.74 Å². The first-order valence-corrected chi connectivity index (χ1v) is 8.63. The van der Waals surface area contributed by atoms with Gasteiger partial charge in [-0.15, -0.1) is 6.58 Å². The van der Waals surface area contributed by atoms with Crippen LogP contribution in [0, 0.1) is 17.8 Å². The van der Waals surface area contributed by atoms with E-state index in [0.717, 1.165) is 17.8 Å². The fourth-order valence-electron chi connectivity index (χ4n) is 3.85. The first kappa shape index (κ1) is 15.8. The van der Waals surface area contributed by atoms with Crippen LogP contribution in [0.2, 0.25) is 0 Å². The SMILES string of the molecule is C=CC1CCC(CC/C=C/[C@H]2CC[C@H](OC)CC2)CC1. The molecule has 1 nitrogen and oxygen atoms in total. The Kier molecular flexibility index (Phi) is 6.86. The molecule has 0 heterocycles. The second-order valence-corrected chi connectivity index (χ2v) is 6.79. The quantitative estimate of drug-likeness (QED) is 0.580. The summed E-state index contributed by atoms with van der Waals surface area (Å²) in [6, 6.07) is 0. The number of ether oxygens (including phenoxy) is 1. The molecule has 0 N–H and O–H groups in total. The van der Waals surface area contributed by atoms with Crippen molar-refractivity contribution in [3.8, 4) is 0 Å². The minimum atomic E-state index is 0.527. The minimum Gasteiger partial charge on any atom is -0.381 e. The number of rotatable bonds is 6. The molecule has 1 heteroatoms. The highest BCUT2D eigenvalue weighted by atomic mass is 16.5. The van der Waals surface area contributed by atoms with Crippen molar-refractivity contribution in [1.82, 2.24) is 0 Å². The molecule has 2 rings (SSSR count). The maximum atomic E-state index is 5.43. The van der Waals surface area contributed by atoms with Gasteiger partial charge in [0.15, 0.2) is 0 Å². The van der Waals surface area contributed by atoms with Crippen LogP contribution in [-0.4, -0.2) is 13.2 Å². The molecule has 2 aliphatic rings. The van der Waals surface area contributed by atoms with Crippen LogP contribution < -0.4 is 0 Å². The molecule has 0 unspecified atom stereocenters. The summed E-state index contributed by atoms with van der Waals surface area (Å²) in [6.07, 6.45) is 21.0. The second kappa shape index (κ2) is 8.67. The lowest BCUT2D eigenvalue weighted by Gasteiger charge is -2.26. The maximum Gasteiger partial charge on any atom is 0.0571 e. The largest absolute Gasteiger partial charge is 0.381 e. The van der Waals surface area contributed by atoms with Gasteiger partial charge in [-0.25, -0.2) is 0 Å². The van der Waals surface area contributed by atoms with Gasteiger partial charge in [0.2, 0.25) is 0 Å². The normalized spacial score (nSPS) is 35.2. The Balaban J connectivity index is 1.57. The molecule has 0 atom stereocenters. The Bertz CT molecular complexity index is 291. The molecule has 0 saturated heterocycles. The van der Waals surface area contributed by atoms with E-state index < -0.39 is 0 Å². The zero-order valence-corrected chi connectivity index (χ0v) is 13.2. The third kappa shape index (κ3) is 5.09. The van der Waals surface area contributed by atoms with Crippen molar-refractivity contribution in [1.29, 1.82) is 0 Å². The van der Waals surface area contributed by atoms with Crippen molar-refractivity contribution in [3.05, 3.63) is 24.8 Å². The molecule has 114 valence electrons. The Hall–Kier alpha value is -0.560. The first-order valence-electron chi connectivity index (χ1n) is 8.63. The average molecular weight is 276 g/mol. The van der Waals surface area contributed by atoms with Crippen molar-refractivity contribution in [2.24, 2.45) is 17.8 Å². The lowest BCUT2D eigenvalue weighted by Crippen LogP contribution is -2.19.